The molecule has 0 fully saturated rings. The molecule has 0 radical (unpaired) electrons. The number of carbonyl (C=O) groups is 2. The predicted molar refractivity (Wildman–Crippen MR) is 142 cm³/mol. The van der Waals surface area contributed by atoms with E-state index in [1.807, 2.05) is 13.8 Å². The number of rotatable bonds is 11. The SMILES string of the molecule is CCC(C)NC(=O)C(C)N(Cc1ccccc1F)C(=O)CN(c1ccccc1)S(=O)(=O)c1ccc(F)cc1. The molecule has 1 N–H and O–H groups in total. The molecule has 7 nitrogen and oxygen atoms in total. The lowest BCUT2D eigenvalue weighted by Crippen LogP contribution is -2.52. The molecule has 0 aliphatic heterocycles. The van der Waals surface area contributed by atoms with Crippen molar-refractivity contribution in [3.63, 3.8) is 0 Å². The second-order valence-electron chi connectivity index (χ2n) is 8.91. The van der Waals surface area contributed by atoms with Gasteiger partial charge in [-0.05, 0) is 62.7 Å². The lowest BCUT2D eigenvalue weighted by atomic mass is 10.1. The molecule has 0 aromatic heterocycles. The first-order valence-electron chi connectivity index (χ1n) is 12.2. The van der Waals surface area contributed by atoms with E-state index in [0.717, 1.165) is 33.5 Å². The summed E-state index contributed by atoms with van der Waals surface area (Å²) in [6.07, 6.45) is 0.664. The molecule has 0 aliphatic rings. The first kappa shape index (κ1) is 28.8. The standard InChI is InChI=1S/C28H31F2N3O4S/c1-4-20(2)31-28(35)21(3)32(18-22-10-8-9-13-26(22)30)27(34)19-33(24-11-6-5-7-12-24)38(36,37)25-16-14-23(29)15-17-25/h5-17,20-21H,4,18-19H2,1-3H3,(H,31,35). The highest BCUT2D eigenvalue weighted by Gasteiger charge is 2.33. The molecular weight excluding hydrogens is 512 g/mol. The van der Waals surface area contributed by atoms with Crippen molar-refractivity contribution in [3.8, 4) is 0 Å². The minimum atomic E-state index is -4.30. The third-order valence-electron chi connectivity index (χ3n) is 6.19. The maximum absolute atomic E-state index is 14.5. The molecule has 3 aromatic carbocycles. The Hall–Kier alpha value is -3.79. The van der Waals surface area contributed by atoms with Crippen molar-refractivity contribution >= 4 is 27.5 Å². The van der Waals surface area contributed by atoms with Gasteiger partial charge in [-0.25, -0.2) is 17.2 Å². The number of hydrogen-bond donors (Lipinski definition) is 1. The van der Waals surface area contributed by atoms with Gasteiger partial charge in [-0.15, -0.1) is 0 Å². The molecule has 2 unspecified atom stereocenters. The van der Waals surface area contributed by atoms with Crippen LogP contribution >= 0.6 is 0 Å². The zero-order valence-electron chi connectivity index (χ0n) is 21.5. The summed E-state index contributed by atoms with van der Waals surface area (Å²) >= 11 is 0. The molecule has 0 bridgehead atoms. The van der Waals surface area contributed by atoms with Crippen LogP contribution in [0, 0.1) is 11.6 Å². The number of carbonyl (C=O) groups excluding carboxylic acids is 2. The molecule has 0 saturated heterocycles. The summed E-state index contributed by atoms with van der Waals surface area (Å²) < 4.78 is 56.1. The second kappa shape index (κ2) is 12.6. The Morgan fingerprint density at radius 1 is 0.895 bits per heavy atom. The van der Waals surface area contributed by atoms with Crippen LogP contribution in [0.4, 0.5) is 14.5 Å². The third kappa shape index (κ3) is 6.95. The molecule has 0 saturated carbocycles. The molecule has 2 atom stereocenters. The average Bonchev–Trinajstić information content (AvgIpc) is 2.91. The molecule has 0 aliphatic carbocycles. The zero-order valence-corrected chi connectivity index (χ0v) is 22.3. The fourth-order valence-electron chi connectivity index (χ4n) is 3.72. The number of para-hydroxylation sites is 1. The van der Waals surface area contributed by atoms with Gasteiger partial charge >= 0.3 is 0 Å². The number of sulfonamides is 1. The van der Waals surface area contributed by atoms with Crippen LogP contribution < -0.4 is 9.62 Å². The Balaban J connectivity index is 2.01. The van der Waals surface area contributed by atoms with Crippen LogP contribution in [-0.4, -0.2) is 43.8 Å². The largest absolute Gasteiger partial charge is 0.352 e. The quantitative estimate of drug-likeness (QED) is 0.386. The van der Waals surface area contributed by atoms with E-state index >= 15 is 0 Å². The molecule has 3 aromatic rings. The fraction of sp³-hybridized carbons (Fsp3) is 0.286. The van der Waals surface area contributed by atoms with E-state index in [0.29, 0.717) is 6.42 Å². The van der Waals surface area contributed by atoms with Crippen molar-refractivity contribution < 1.29 is 26.8 Å². The van der Waals surface area contributed by atoms with Crippen LogP contribution in [0.25, 0.3) is 0 Å². The highest BCUT2D eigenvalue weighted by molar-refractivity contribution is 7.92. The maximum Gasteiger partial charge on any atom is 0.264 e. The summed E-state index contributed by atoms with van der Waals surface area (Å²) in [5.41, 5.74) is 0.379. The number of halogens is 2. The van der Waals surface area contributed by atoms with Crippen molar-refractivity contribution in [2.24, 2.45) is 0 Å². The summed E-state index contributed by atoms with van der Waals surface area (Å²) in [5.74, 6) is -2.33. The van der Waals surface area contributed by atoms with Crippen molar-refractivity contribution in [1.29, 1.82) is 0 Å². The number of nitrogens with zero attached hydrogens (tertiary/aromatic N) is 2. The van der Waals surface area contributed by atoms with Gasteiger partial charge in [-0.3, -0.25) is 13.9 Å². The highest BCUT2D eigenvalue weighted by Crippen LogP contribution is 2.25. The van der Waals surface area contributed by atoms with Gasteiger partial charge < -0.3 is 10.2 Å². The fourth-order valence-corrected chi connectivity index (χ4v) is 5.13. The van der Waals surface area contributed by atoms with Crippen LogP contribution in [0.3, 0.4) is 0 Å². The lowest BCUT2D eigenvalue weighted by molar-refractivity contribution is -0.139. The molecule has 38 heavy (non-hydrogen) atoms. The Morgan fingerprint density at radius 2 is 1.50 bits per heavy atom. The molecule has 3 rings (SSSR count). The van der Waals surface area contributed by atoms with Gasteiger partial charge in [0.05, 0.1) is 10.6 Å². The summed E-state index contributed by atoms with van der Waals surface area (Å²) in [6, 6.07) is 16.9. The minimum Gasteiger partial charge on any atom is -0.352 e. The van der Waals surface area contributed by atoms with Gasteiger partial charge in [-0.1, -0.05) is 43.3 Å². The monoisotopic (exact) mass is 543 g/mol. The Morgan fingerprint density at radius 3 is 2.11 bits per heavy atom. The van der Waals surface area contributed by atoms with Gasteiger partial charge in [0.25, 0.3) is 10.0 Å². The Kier molecular flexibility index (Phi) is 9.57. The van der Waals surface area contributed by atoms with Crippen LogP contribution in [0.2, 0.25) is 0 Å². The van der Waals surface area contributed by atoms with Crippen LogP contribution in [0.1, 0.15) is 32.8 Å². The predicted octanol–water partition coefficient (Wildman–Crippen LogP) is 4.49. The molecular formula is C28H31F2N3O4S. The summed E-state index contributed by atoms with van der Waals surface area (Å²) in [5, 5.41) is 2.82. The molecule has 2 amide bonds. The van der Waals surface area contributed by atoms with Crippen molar-refractivity contribution in [2.75, 3.05) is 10.8 Å². The van der Waals surface area contributed by atoms with E-state index < -0.39 is 46.1 Å². The van der Waals surface area contributed by atoms with Gasteiger partial charge in [0, 0.05) is 18.2 Å². The number of anilines is 1. The first-order chi connectivity index (χ1) is 18.0. The second-order valence-corrected chi connectivity index (χ2v) is 10.8. The van der Waals surface area contributed by atoms with E-state index in [-0.39, 0.29) is 28.7 Å². The van der Waals surface area contributed by atoms with Crippen LogP contribution in [-0.2, 0) is 26.2 Å². The number of hydrogen-bond acceptors (Lipinski definition) is 4. The van der Waals surface area contributed by atoms with Gasteiger partial charge in [0.2, 0.25) is 11.8 Å². The van der Waals surface area contributed by atoms with E-state index in [4.69, 9.17) is 0 Å². The van der Waals surface area contributed by atoms with Crippen LogP contribution in [0.15, 0.2) is 83.8 Å². The molecule has 202 valence electrons. The smallest absolute Gasteiger partial charge is 0.264 e. The summed E-state index contributed by atoms with van der Waals surface area (Å²) in [4.78, 5) is 27.7. The van der Waals surface area contributed by atoms with E-state index in [1.54, 1.807) is 24.3 Å². The van der Waals surface area contributed by atoms with Crippen molar-refractivity contribution in [1.82, 2.24) is 10.2 Å². The topological polar surface area (TPSA) is 86.8 Å². The Bertz CT molecular complexity index is 1350. The first-order valence-corrected chi connectivity index (χ1v) is 13.6. The third-order valence-corrected chi connectivity index (χ3v) is 7.98. The molecule has 10 heteroatoms. The summed E-state index contributed by atoms with van der Waals surface area (Å²) in [7, 11) is -4.30. The van der Waals surface area contributed by atoms with E-state index in [9.17, 15) is 26.8 Å². The van der Waals surface area contributed by atoms with Gasteiger partial charge in [0.1, 0.15) is 24.2 Å². The molecule has 0 heterocycles. The normalized spacial score (nSPS) is 12.9. The molecule has 0 spiro atoms. The number of nitrogens with one attached hydrogen (secondary N) is 1. The van der Waals surface area contributed by atoms with Crippen molar-refractivity contribution in [2.45, 2.75) is 50.7 Å². The maximum atomic E-state index is 14.5. The lowest BCUT2D eigenvalue weighted by Gasteiger charge is -2.32. The average molecular weight is 544 g/mol. The minimum absolute atomic E-state index is 0.157. The van der Waals surface area contributed by atoms with Gasteiger partial charge in [0.15, 0.2) is 0 Å². The highest BCUT2D eigenvalue weighted by atomic mass is 32.2. The Labute approximate surface area is 222 Å². The van der Waals surface area contributed by atoms with E-state index in [2.05, 4.69) is 5.32 Å². The number of amides is 2. The van der Waals surface area contributed by atoms with Crippen molar-refractivity contribution in [3.05, 3.63) is 96.1 Å². The number of benzene rings is 3. The zero-order chi connectivity index (χ0) is 27.9. The summed E-state index contributed by atoms with van der Waals surface area (Å²) in [6.45, 7) is 4.31. The van der Waals surface area contributed by atoms with Crippen LogP contribution in [0.5, 0.6) is 0 Å². The van der Waals surface area contributed by atoms with Gasteiger partial charge in [-0.2, -0.15) is 0 Å². The van der Waals surface area contributed by atoms with E-state index in [1.165, 1.54) is 37.3 Å².